The molecule has 0 spiro atoms. The van der Waals surface area contributed by atoms with Crippen LogP contribution in [0.5, 0.6) is 0 Å². The Kier molecular flexibility index (Phi) is 2.78. The molecule has 0 radical (unpaired) electrons. The highest BCUT2D eigenvalue weighted by atomic mass is 79.9. The Hall–Kier alpha value is -1.88. The highest BCUT2D eigenvalue weighted by molar-refractivity contribution is 9.10. The molecule has 0 amide bonds. The van der Waals surface area contributed by atoms with E-state index in [0.717, 1.165) is 32.5 Å². The number of fused-ring (bicyclic) bond motifs is 1. The van der Waals surface area contributed by atoms with E-state index in [1.54, 1.807) is 0 Å². The van der Waals surface area contributed by atoms with Gasteiger partial charge >= 0.3 is 0 Å². The maximum atomic E-state index is 6.05. The molecule has 3 aromatic rings. The fourth-order valence-electron chi connectivity index (χ4n) is 2.13. The maximum Gasteiger partial charge on any atom is 0.207 e. The lowest BCUT2D eigenvalue weighted by atomic mass is 10.2. The summed E-state index contributed by atoms with van der Waals surface area (Å²) in [5, 5.41) is 0. The third kappa shape index (κ3) is 1.90. The highest BCUT2D eigenvalue weighted by Crippen LogP contribution is 2.29. The summed E-state index contributed by atoms with van der Waals surface area (Å²) in [6.45, 7) is 4.03. The van der Waals surface area contributed by atoms with Crippen LogP contribution < -0.4 is 5.73 Å². The third-order valence-corrected chi connectivity index (χ3v) is 4.10. The molecule has 2 aromatic heterocycles. The summed E-state index contributed by atoms with van der Waals surface area (Å²) in [4.78, 5) is 8.83. The number of aromatic nitrogens is 3. The van der Waals surface area contributed by atoms with Gasteiger partial charge in [0, 0.05) is 10.7 Å². The maximum absolute atomic E-state index is 6.05. The summed E-state index contributed by atoms with van der Waals surface area (Å²) in [5.74, 6) is 0.444. The molecule has 2 heterocycles. The van der Waals surface area contributed by atoms with Crippen molar-refractivity contribution >= 4 is 33.0 Å². The van der Waals surface area contributed by atoms with Crippen LogP contribution in [0.4, 0.5) is 5.95 Å². The fraction of sp³-hybridized carbons (Fsp3) is 0.143. The van der Waals surface area contributed by atoms with Crippen LogP contribution in [0.3, 0.4) is 0 Å². The van der Waals surface area contributed by atoms with Crippen molar-refractivity contribution in [1.82, 2.24) is 14.5 Å². The van der Waals surface area contributed by atoms with Crippen molar-refractivity contribution < 1.29 is 0 Å². The minimum absolute atomic E-state index is 0.444. The van der Waals surface area contributed by atoms with Gasteiger partial charge in [0.05, 0.1) is 5.69 Å². The predicted molar refractivity (Wildman–Crippen MR) is 80.5 cm³/mol. The number of halogens is 1. The van der Waals surface area contributed by atoms with Gasteiger partial charge in [-0.25, -0.2) is 9.97 Å². The van der Waals surface area contributed by atoms with E-state index in [0.29, 0.717) is 5.95 Å². The fourth-order valence-corrected chi connectivity index (χ4v) is 2.57. The molecule has 0 aliphatic carbocycles. The number of benzene rings is 1. The van der Waals surface area contributed by atoms with E-state index in [2.05, 4.69) is 25.9 Å². The van der Waals surface area contributed by atoms with E-state index < -0.39 is 0 Å². The second kappa shape index (κ2) is 4.35. The normalized spacial score (nSPS) is 11.1. The molecule has 4 nitrogen and oxygen atoms in total. The molecule has 5 heteroatoms. The molecular weight excluding hydrogens is 304 g/mol. The number of anilines is 1. The van der Waals surface area contributed by atoms with Crippen molar-refractivity contribution in [2.45, 2.75) is 13.8 Å². The topological polar surface area (TPSA) is 56.7 Å². The van der Waals surface area contributed by atoms with Gasteiger partial charge < -0.3 is 5.73 Å². The molecule has 96 valence electrons. The van der Waals surface area contributed by atoms with Crippen molar-refractivity contribution in [1.29, 1.82) is 0 Å². The Morgan fingerprint density at radius 3 is 2.84 bits per heavy atom. The van der Waals surface area contributed by atoms with Crippen LogP contribution in [0.1, 0.15) is 11.1 Å². The number of nitrogen functional groups attached to an aromatic ring is 1. The van der Waals surface area contributed by atoms with Gasteiger partial charge in [0.25, 0.3) is 0 Å². The van der Waals surface area contributed by atoms with Crippen LogP contribution in [0.25, 0.3) is 16.9 Å². The molecule has 0 aliphatic heterocycles. The molecule has 1 aromatic carbocycles. The van der Waals surface area contributed by atoms with Crippen LogP contribution in [0.2, 0.25) is 0 Å². The second-order valence-corrected chi connectivity index (χ2v) is 5.36. The number of hydrogen-bond donors (Lipinski definition) is 1. The summed E-state index contributed by atoms with van der Waals surface area (Å²) >= 11 is 3.60. The Morgan fingerprint density at radius 1 is 1.26 bits per heavy atom. The van der Waals surface area contributed by atoms with E-state index in [4.69, 9.17) is 5.73 Å². The molecule has 0 saturated heterocycles. The van der Waals surface area contributed by atoms with Crippen molar-refractivity contribution in [2.24, 2.45) is 0 Å². The van der Waals surface area contributed by atoms with Crippen molar-refractivity contribution in [3.05, 3.63) is 46.1 Å². The van der Waals surface area contributed by atoms with E-state index >= 15 is 0 Å². The van der Waals surface area contributed by atoms with E-state index in [-0.39, 0.29) is 0 Å². The summed E-state index contributed by atoms with van der Waals surface area (Å²) in [7, 11) is 0. The predicted octanol–water partition coefficient (Wildman–Crippen LogP) is 3.38. The minimum Gasteiger partial charge on any atom is -0.369 e. The first-order chi connectivity index (χ1) is 9.08. The third-order valence-electron chi connectivity index (χ3n) is 3.07. The number of rotatable bonds is 1. The first kappa shape index (κ1) is 12.2. The second-order valence-electron chi connectivity index (χ2n) is 4.57. The van der Waals surface area contributed by atoms with Crippen molar-refractivity contribution in [2.75, 3.05) is 5.73 Å². The van der Waals surface area contributed by atoms with Gasteiger partial charge in [-0.05, 0) is 53.0 Å². The Bertz CT molecular complexity index is 776. The van der Waals surface area contributed by atoms with Gasteiger partial charge in [-0.15, -0.1) is 0 Å². The van der Waals surface area contributed by atoms with E-state index in [1.165, 1.54) is 0 Å². The standard InChI is InChI=1S/C14H13BrN4/c1-8-6-10-13(17-7-8)19(14(16)18-10)11-5-3-4-9(2)12(11)15/h3-7H,1-2H3,(H2,16,18). The zero-order valence-electron chi connectivity index (χ0n) is 10.7. The smallest absolute Gasteiger partial charge is 0.207 e. The largest absolute Gasteiger partial charge is 0.369 e. The van der Waals surface area contributed by atoms with Crippen LogP contribution in [-0.4, -0.2) is 14.5 Å². The van der Waals surface area contributed by atoms with Gasteiger partial charge in [-0.3, -0.25) is 4.57 Å². The summed E-state index contributed by atoms with van der Waals surface area (Å²) in [6.07, 6.45) is 1.82. The molecule has 2 N–H and O–H groups in total. The number of imidazole rings is 1. The lowest BCUT2D eigenvalue weighted by Crippen LogP contribution is -2.02. The molecule has 0 unspecified atom stereocenters. The van der Waals surface area contributed by atoms with Crippen LogP contribution in [-0.2, 0) is 0 Å². The van der Waals surface area contributed by atoms with Gasteiger partial charge in [0.2, 0.25) is 5.95 Å². The molecule has 0 fully saturated rings. The van der Waals surface area contributed by atoms with Crippen LogP contribution in [0, 0.1) is 13.8 Å². The molecule has 0 bridgehead atoms. The quantitative estimate of drug-likeness (QED) is 0.748. The van der Waals surface area contributed by atoms with Crippen molar-refractivity contribution in [3.8, 4) is 5.69 Å². The summed E-state index contributed by atoms with van der Waals surface area (Å²) in [6, 6.07) is 8.02. The highest BCUT2D eigenvalue weighted by Gasteiger charge is 2.14. The van der Waals surface area contributed by atoms with E-state index in [1.807, 2.05) is 48.9 Å². The lowest BCUT2D eigenvalue weighted by Gasteiger charge is -2.10. The first-order valence-electron chi connectivity index (χ1n) is 5.94. The van der Waals surface area contributed by atoms with Gasteiger partial charge in [0.15, 0.2) is 5.65 Å². The average molecular weight is 317 g/mol. The number of nitrogens with two attached hydrogens (primary N) is 1. The summed E-state index contributed by atoms with van der Waals surface area (Å²) in [5.41, 5.74) is 10.8. The Labute approximate surface area is 119 Å². The zero-order chi connectivity index (χ0) is 13.6. The van der Waals surface area contributed by atoms with Gasteiger partial charge in [-0.2, -0.15) is 0 Å². The molecule has 0 aliphatic rings. The average Bonchev–Trinajstić information content (AvgIpc) is 2.68. The monoisotopic (exact) mass is 316 g/mol. The van der Waals surface area contributed by atoms with Gasteiger partial charge in [-0.1, -0.05) is 12.1 Å². The van der Waals surface area contributed by atoms with E-state index in [9.17, 15) is 0 Å². The van der Waals surface area contributed by atoms with Crippen LogP contribution >= 0.6 is 15.9 Å². The Balaban J connectivity index is 2.36. The molecule has 3 rings (SSSR count). The zero-order valence-corrected chi connectivity index (χ0v) is 12.3. The number of pyridine rings is 1. The number of nitrogens with zero attached hydrogens (tertiary/aromatic N) is 3. The first-order valence-corrected chi connectivity index (χ1v) is 6.73. The molecule has 19 heavy (non-hydrogen) atoms. The van der Waals surface area contributed by atoms with Crippen LogP contribution in [0.15, 0.2) is 34.9 Å². The summed E-state index contributed by atoms with van der Waals surface area (Å²) < 4.78 is 2.87. The molecule has 0 atom stereocenters. The number of hydrogen-bond acceptors (Lipinski definition) is 3. The lowest BCUT2D eigenvalue weighted by molar-refractivity contribution is 1.07. The van der Waals surface area contributed by atoms with Gasteiger partial charge in [0.1, 0.15) is 5.52 Å². The molecule has 0 saturated carbocycles. The van der Waals surface area contributed by atoms with Crippen molar-refractivity contribution in [3.63, 3.8) is 0 Å². The Morgan fingerprint density at radius 2 is 2.05 bits per heavy atom. The molecular formula is C14H13BrN4. The minimum atomic E-state index is 0.444. The number of aryl methyl sites for hydroxylation is 2. The SMILES string of the molecule is Cc1cnc2c(c1)nc(N)n2-c1cccc(C)c1Br.